The Balaban J connectivity index is 1.42. The fourth-order valence-electron chi connectivity index (χ4n) is 5.94. The maximum atomic E-state index is 14.1. The molecular weight excluding hydrogens is 464 g/mol. The second-order valence-corrected chi connectivity index (χ2v) is 10.3. The molecule has 0 saturated carbocycles. The summed E-state index contributed by atoms with van der Waals surface area (Å²) in [5, 5.41) is 1.77. The Morgan fingerprint density at radius 2 is 1.80 bits per heavy atom. The molecule has 2 aromatic carbocycles. The van der Waals surface area contributed by atoms with Crippen LogP contribution in [0.2, 0.25) is 5.02 Å². The average molecular weight is 493 g/mol. The molecule has 2 atom stereocenters. The first-order chi connectivity index (χ1) is 17.0. The van der Waals surface area contributed by atoms with Crippen LogP contribution in [-0.4, -0.2) is 84.0 Å². The first-order valence-electron chi connectivity index (χ1n) is 12.2. The van der Waals surface area contributed by atoms with Gasteiger partial charge in [-0.2, -0.15) is 0 Å². The number of aromatic nitrogens is 1. The van der Waals surface area contributed by atoms with Gasteiger partial charge in [-0.25, -0.2) is 0 Å². The standard InChI is InChI=1S/C27H29ClN4O3/c1-27-25-24(20-4-2-3-5-22(20)29-25)21(18-6-8-19(28)9-7-18)16-32(27)23(33)17-31(26(27)34)11-10-30-12-14-35-15-13-30/h2-9,21,29H,10-17H2,1H3/t21-,27+/m1/s1. The number of morpholine rings is 1. The maximum absolute atomic E-state index is 14.1. The molecule has 2 saturated heterocycles. The minimum absolute atomic E-state index is 0.0163. The first-order valence-corrected chi connectivity index (χ1v) is 12.6. The van der Waals surface area contributed by atoms with Crippen LogP contribution in [0.1, 0.15) is 29.7 Å². The van der Waals surface area contributed by atoms with Crippen LogP contribution in [-0.2, 0) is 19.9 Å². The van der Waals surface area contributed by atoms with Crippen molar-refractivity contribution >= 4 is 34.3 Å². The summed E-state index contributed by atoms with van der Waals surface area (Å²) in [7, 11) is 0. The monoisotopic (exact) mass is 492 g/mol. The van der Waals surface area contributed by atoms with Gasteiger partial charge in [-0.15, -0.1) is 0 Å². The highest BCUT2D eigenvalue weighted by molar-refractivity contribution is 6.30. The molecule has 1 aromatic heterocycles. The highest BCUT2D eigenvalue weighted by Crippen LogP contribution is 2.48. The predicted octanol–water partition coefficient (Wildman–Crippen LogP) is 3.19. The third kappa shape index (κ3) is 3.64. The van der Waals surface area contributed by atoms with Crippen molar-refractivity contribution in [3.8, 4) is 0 Å². The Kier molecular flexibility index (Phi) is 5.59. The molecule has 0 radical (unpaired) electrons. The number of fused-ring (bicyclic) bond motifs is 5. The number of aromatic amines is 1. The number of halogens is 1. The number of amides is 2. The summed E-state index contributed by atoms with van der Waals surface area (Å²) in [6, 6.07) is 15.9. The number of benzene rings is 2. The number of rotatable bonds is 4. The lowest BCUT2D eigenvalue weighted by atomic mass is 9.76. The van der Waals surface area contributed by atoms with E-state index in [0.717, 1.165) is 47.4 Å². The predicted molar refractivity (Wildman–Crippen MR) is 134 cm³/mol. The largest absolute Gasteiger partial charge is 0.379 e. The first kappa shape index (κ1) is 22.6. The van der Waals surface area contributed by atoms with Crippen molar-refractivity contribution in [3.05, 3.63) is 70.4 Å². The Morgan fingerprint density at radius 1 is 1.06 bits per heavy atom. The molecule has 35 heavy (non-hydrogen) atoms. The van der Waals surface area contributed by atoms with E-state index in [0.29, 0.717) is 31.3 Å². The van der Waals surface area contributed by atoms with Gasteiger partial charge in [0.15, 0.2) is 5.54 Å². The Hall–Kier alpha value is -2.87. The molecule has 2 amide bonds. The molecule has 0 aliphatic carbocycles. The van der Waals surface area contributed by atoms with Gasteiger partial charge >= 0.3 is 0 Å². The molecule has 3 aliphatic heterocycles. The van der Waals surface area contributed by atoms with Crippen LogP contribution in [0.5, 0.6) is 0 Å². The zero-order chi connectivity index (χ0) is 24.2. The van der Waals surface area contributed by atoms with Gasteiger partial charge in [0, 0.05) is 54.6 Å². The third-order valence-electron chi connectivity index (χ3n) is 7.88. The minimum Gasteiger partial charge on any atom is -0.379 e. The maximum Gasteiger partial charge on any atom is 0.254 e. The normalized spacial score (nSPS) is 25.1. The van der Waals surface area contributed by atoms with Gasteiger partial charge in [0.05, 0.1) is 25.5 Å². The van der Waals surface area contributed by atoms with Gasteiger partial charge in [0.1, 0.15) is 0 Å². The van der Waals surface area contributed by atoms with Crippen molar-refractivity contribution in [1.29, 1.82) is 0 Å². The Bertz CT molecular complexity index is 1280. The minimum atomic E-state index is -1.07. The van der Waals surface area contributed by atoms with Crippen LogP contribution < -0.4 is 0 Å². The van der Waals surface area contributed by atoms with E-state index < -0.39 is 5.54 Å². The van der Waals surface area contributed by atoms with E-state index in [2.05, 4.69) is 16.0 Å². The number of nitrogens with zero attached hydrogens (tertiary/aromatic N) is 3. The van der Waals surface area contributed by atoms with Gasteiger partial charge in [0.25, 0.3) is 5.91 Å². The average Bonchev–Trinajstić information content (AvgIpc) is 3.28. The van der Waals surface area contributed by atoms with Crippen molar-refractivity contribution in [1.82, 2.24) is 19.7 Å². The molecule has 8 heteroatoms. The van der Waals surface area contributed by atoms with E-state index in [1.807, 2.05) is 49.4 Å². The van der Waals surface area contributed by atoms with Crippen molar-refractivity contribution in [2.45, 2.75) is 18.4 Å². The molecule has 1 N–H and O–H groups in total. The summed E-state index contributed by atoms with van der Waals surface area (Å²) in [4.78, 5) is 37.0. The fourth-order valence-corrected chi connectivity index (χ4v) is 6.06. The molecule has 0 bridgehead atoms. The zero-order valence-corrected chi connectivity index (χ0v) is 20.6. The number of piperazine rings is 1. The molecule has 3 aliphatic rings. The molecule has 0 spiro atoms. The number of H-pyrrole nitrogens is 1. The topological polar surface area (TPSA) is 68.9 Å². The van der Waals surface area contributed by atoms with Crippen molar-refractivity contribution in [2.24, 2.45) is 0 Å². The summed E-state index contributed by atoms with van der Waals surface area (Å²) in [5.41, 5.74) is 2.90. The number of nitrogens with one attached hydrogen (secondary N) is 1. The highest BCUT2D eigenvalue weighted by Gasteiger charge is 2.56. The van der Waals surface area contributed by atoms with Crippen molar-refractivity contribution in [3.63, 3.8) is 0 Å². The van der Waals surface area contributed by atoms with E-state index in [9.17, 15) is 9.59 Å². The number of ether oxygens (including phenoxy) is 1. The third-order valence-corrected chi connectivity index (χ3v) is 8.13. The lowest BCUT2D eigenvalue weighted by Gasteiger charge is -2.51. The van der Waals surface area contributed by atoms with Gasteiger partial charge in [0.2, 0.25) is 5.91 Å². The second-order valence-electron chi connectivity index (χ2n) is 9.82. The second kappa shape index (κ2) is 8.66. The molecule has 2 fully saturated rings. The van der Waals surface area contributed by atoms with E-state index in [1.165, 1.54) is 0 Å². The Morgan fingerprint density at radius 3 is 2.57 bits per heavy atom. The number of hydrogen-bond acceptors (Lipinski definition) is 4. The summed E-state index contributed by atoms with van der Waals surface area (Å²) < 4.78 is 5.44. The SMILES string of the molecule is C[C@]12C(=O)N(CCN3CCOCC3)CC(=O)N1C[C@H](c1ccc(Cl)cc1)c1c2[nH]c2ccccc12. The van der Waals surface area contributed by atoms with Crippen molar-refractivity contribution in [2.75, 3.05) is 52.5 Å². The molecule has 4 heterocycles. The van der Waals surface area contributed by atoms with E-state index in [-0.39, 0.29) is 24.3 Å². The molecule has 7 nitrogen and oxygen atoms in total. The molecular formula is C27H29ClN4O3. The number of carbonyl (C=O) groups is 2. The summed E-state index contributed by atoms with van der Waals surface area (Å²) in [5.74, 6) is -0.0896. The van der Waals surface area contributed by atoms with Crippen LogP contribution in [0.4, 0.5) is 0 Å². The van der Waals surface area contributed by atoms with Crippen LogP contribution >= 0.6 is 11.6 Å². The van der Waals surface area contributed by atoms with Crippen LogP contribution in [0.3, 0.4) is 0 Å². The smallest absolute Gasteiger partial charge is 0.254 e. The molecule has 0 unspecified atom stereocenters. The molecule has 182 valence electrons. The highest BCUT2D eigenvalue weighted by atomic mass is 35.5. The molecule has 3 aromatic rings. The van der Waals surface area contributed by atoms with E-state index >= 15 is 0 Å². The van der Waals surface area contributed by atoms with Gasteiger partial charge in [-0.05, 0) is 36.2 Å². The van der Waals surface area contributed by atoms with Crippen LogP contribution in [0, 0.1) is 0 Å². The zero-order valence-electron chi connectivity index (χ0n) is 19.8. The quantitative estimate of drug-likeness (QED) is 0.607. The number of para-hydroxylation sites is 1. The van der Waals surface area contributed by atoms with Gasteiger partial charge in [-0.1, -0.05) is 41.9 Å². The van der Waals surface area contributed by atoms with E-state index in [4.69, 9.17) is 16.3 Å². The lowest BCUT2D eigenvalue weighted by molar-refractivity contribution is -0.166. The lowest BCUT2D eigenvalue weighted by Crippen LogP contribution is -2.68. The summed E-state index contributed by atoms with van der Waals surface area (Å²) in [6.45, 7) is 6.88. The van der Waals surface area contributed by atoms with Crippen molar-refractivity contribution < 1.29 is 14.3 Å². The molecule has 6 rings (SSSR count). The van der Waals surface area contributed by atoms with Gasteiger partial charge in [-0.3, -0.25) is 14.5 Å². The van der Waals surface area contributed by atoms with Crippen LogP contribution in [0.25, 0.3) is 10.9 Å². The summed E-state index contributed by atoms with van der Waals surface area (Å²) in [6.07, 6.45) is 0. The van der Waals surface area contributed by atoms with Crippen LogP contribution in [0.15, 0.2) is 48.5 Å². The summed E-state index contributed by atoms with van der Waals surface area (Å²) >= 11 is 6.17. The van der Waals surface area contributed by atoms with E-state index in [1.54, 1.807) is 9.80 Å². The Labute approximate surface area is 209 Å². The number of carbonyl (C=O) groups excluding carboxylic acids is 2. The van der Waals surface area contributed by atoms with Gasteiger partial charge < -0.3 is 19.5 Å². The fraction of sp³-hybridized carbons (Fsp3) is 0.407. The number of hydrogen-bond donors (Lipinski definition) is 1.